The van der Waals surface area contributed by atoms with Crippen molar-refractivity contribution in [1.29, 1.82) is 0 Å². The minimum atomic E-state index is -0.740. The van der Waals surface area contributed by atoms with Crippen LogP contribution in [0.3, 0.4) is 0 Å². The van der Waals surface area contributed by atoms with Gasteiger partial charge in [0.25, 0.3) is 0 Å². The molecule has 176 valence electrons. The normalized spacial score (nSPS) is 31.3. The molecule has 2 aromatic carbocycles. The van der Waals surface area contributed by atoms with E-state index in [1.54, 1.807) is 0 Å². The van der Waals surface area contributed by atoms with Crippen LogP contribution in [0.5, 0.6) is 11.5 Å². The lowest BCUT2D eigenvalue weighted by Gasteiger charge is -2.59. The second-order valence-corrected chi connectivity index (χ2v) is 11.1. The molecule has 0 radical (unpaired) electrons. The number of nitrogens with zero attached hydrogens (tertiary/aromatic N) is 1. The number of aliphatic hydroxyl groups is 1. The van der Waals surface area contributed by atoms with Gasteiger partial charge in [0.15, 0.2) is 11.5 Å². The maximum absolute atomic E-state index is 14.1. The molecule has 1 saturated heterocycles. The fraction of sp³-hybridized carbons (Fsp3) is 0.536. The third-order valence-corrected chi connectivity index (χ3v) is 9.41. The van der Waals surface area contributed by atoms with Gasteiger partial charge in [-0.25, -0.2) is 0 Å². The van der Waals surface area contributed by atoms with E-state index in [9.17, 15) is 20.1 Å². The lowest BCUT2D eigenvalue weighted by Crippen LogP contribution is -2.62. The SMILES string of the molecule is Cc1ccc(O)c(O)c1C12CCN(C)CC(C)[C@]1(CO)CC1(Cc3ccccc3C1)C(=O)C2. The van der Waals surface area contributed by atoms with E-state index in [0.717, 1.165) is 18.7 Å². The minimum Gasteiger partial charge on any atom is -0.504 e. The molecule has 0 bridgehead atoms. The standard InChI is InChI=1S/C28H35NO4/c1-18-8-9-22(31)25(33)24(18)27-10-11-29(3)15-19(2)28(27,17-30)16-26(23(32)14-27)12-20-6-4-5-7-21(20)13-26/h4-9,19,30-31,33H,10-17H2,1-3H3/t19?,27?,28-/m1/s1. The lowest BCUT2D eigenvalue weighted by molar-refractivity contribution is -0.150. The van der Waals surface area contributed by atoms with Crippen molar-refractivity contribution in [3.63, 3.8) is 0 Å². The van der Waals surface area contributed by atoms with Crippen molar-refractivity contribution in [1.82, 2.24) is 4.90 Å². The fourth-order valence-electron chi connectivity index (χ4n) is 7.73. The van der Waals surface area contributed by atoms with E-state index < -0.39 is 16.2 Å². The van der Waals surface area contributed by atoms with Gasteiger partial charge in [0, 0.05) is 41.4 Å². The third-order valence-electron chi connectivity index (χ3n) is 9.41. The average molecular weight is 450 g/mol. The molecule has 33 heavy (non-hydrogen) atoms. The Labute approximate surface area is 196 Å². The summed E-state index contributed by atoms with van der Waals surface area (Å²) in [6.45, 7) is 5.65. The summed E-state index contributed by atoms with van der Waals surface area (Å²) in [5.74, 6) is 0.0256. The number of phenols is 2. The smallest absolute Gasteiger partial charge is 0.161 e. The molecule has 2 aliphatic carbocycles. The summed E-state index contributed by atoms with van der Waals surface area (Å²) in [6, 6.07) is 11.7. The zero-order valence-electron chi connectivity index (χ0n) is 19.9. The van der Waals surface area contributed by atoms with Gasteiger partial charge in [0.2, 0.25) is 0 Å². The number of carbonyl (C=O) groups excluding carboxylic acids is 1. The molecule has 3 atom stereocenters. The van der Waals surface area contributed by atoms with E-state index in [1.165, 1.54) is 17.2 Å². The van der Waals surface area contributed by atoms with E-state index in [2.05, 4.69) is 31.0 Å². The summed E-state index contributed by atoms with van der Waals surface area (Å²) in [4.78, 5) is 16.4. The van der Waals surface area contributed by atoms with Crippen molar-refractivity contribution in [3.05, 3.63) is 58.7 Å². The summed E-state index contributed by atoms with van der Waals surface area (Å²) in [5, 5.41) is 32.8. The molecule has 5 nitrogen and oxygen atoms in total. The van der Waals surface area contributed by atoms with Gasteiger partial charge in [-0.3, -0.25) is 4.79 Å². The van der Waals surface area contributed by atoms with Crippen molar-refractivity contribution < 1.29 is 20.1 Å². The summed E-state index contributed by atoms with van der Waals surface area (Å²) in [6.07, 6.45) is 2.95. The minimum absolute atomic E-state index is 0.0537. The molecule has 0 aromatic heterocycles. The lowest BCUT2D eigenvalue weighted by atomic mass is 9.43. The Hall–Kier alpha value is -2.37. The van der Waals surface area contributed by atoms with E-state index in [0.29, 0.717) is 31.2 Å². The first-order chi connectivity index (χ1) is 15.7. The quantitative estimate of drug-likeness (QED) is 0.609. The van der Waals surface area contributed by atoms with Crippen molar-refractivity contribution in [2.75, 3.05) is 26.7 Å². The molecule has 2 fully saturated rings. The highest BCUT2D eigenvalue weighted by atomic mass is 16.3. The van der Waals surface area contributed by atoms with Crippen LogP contribution in [0.4, 0.5) is 0 Å². The molecule has 3 N–H and O–H groups in total. The van der Waals surface area contributed by atoms with Crippen LogP contribution < -0.4 is 0 Å². The van der Waals surface area contributed by atoms with Crippen LogP contribution in [0.25, 0.3) is 0 Å². The Kier molecular flexibility index (Phi) is 5.15. The zero-order chi connectivity index (χ0) is 23.6. The Bertz CT molecular complexity index is 1090. The van der Waals surface area contributed by atoms with E-state index in [-0.39, 0.29) is 36.2 Å². The first kappa shape index (κ1) is 22.4. The highest BCUT2D eigenvalue weighted by molar-refractivity contribution is 5.89. The van der Waals surface area contributed by atoms with Crippen LogP contribution >= 0.6 is 0 Å². The summed E-state index contributed by atoms with van der Waals surface area (Å²) in [7, 11) is 2.09. The topological polar surface area (TPSA) is 81.0 Å². The van der Waals surface area contributed by atoms with Crippen LogP contribution in [-0.4, -0.2) is 52.7 Å². The molecule has 1 saturated carbocycles. The molecule has 3 aliphatic rings. The van der Waals surface area contributed by atoms with Gasteiger partial charge >= 0.3 is 0 Å². The number of benzene rings is 2. The number of fused-ring (bicyclic) bond motifs is 2. The molecular formula is C28H35NO4. The number of ketones is 1. The largest absolute Gasteiger partial charge is 0.504 e. The number of phenolic OH excluding ortho intramolecular Hbond substituents is 2. The molecule has 5 rings (SSSR count). The van der Waals surface area contributed by atoms with Gasteiger partial charge in [-0.1, -0.05) is 37.3 Å². The molecule has 0 amide bonds. The Morgan fingerprint density at radius 1 is 1.06 bits per heavy atom. The second-order valence-electron chi connectivity index (χ2n) is 11.1. The van der Waals surface area contributed by atoms with E-state index in [4.69, 9.17) is 0 Å². The van der Waals surface area contributed by atoms with Crippen molar-refractivity contribution in [3.8, 4) is 11.5 Å². The Balaban J connectivity index is 1.74. The first-order valence-electron chi connectivity index (χ1n) is 12.1. The molecule has 5 heteroatoms. The first-order valence-corrected chi connectivity index (χ1v) is 12.1. The molecular weight excluding hydrogens is 414 g/mol. The predicted molar refractivity (Wildman–Crippen MR) is 128 cm³/mol. The maximum atomic E-state index is 14.1. The van der Waals surface area contributed by atoms with Crippen molar-refractivity contribution in [2.24, 2.45) is 16.7 Å². The molecule has 1 spiro atoms. The number of carbonyl (C=O) groups is 1. The van der Waals surface area contributed by atoms with E-state index >= 15 is 0 Å². The maximum Gasteiger partial charge on any atom is 0.161 e. The number of Topliss-reactive ketones (excluding diaryl/α,β-unsaturated/α-hetero) is 1. The second kappa shape index (κ2) is 7.57. The molecule has 2 unspecified atom stereocenters. The number of likely N-dealkylation sites (tertiary alicyclic amines) is 1. The van der Waals surface area contributed by atoms with Crippen LogP contribution in [0, 0.1) is 23.7 Å². The number of rotatable bonds is 2. The number of aliphatic hydroxyl groups excluding tert-OH is 1. The van der Waals surface area contributed by atoms with E-state index in [1.807, 2.05) is 25.1 Å². The Morgan fingerprint density at radius 3 is 2.36 bits per heavy atom. The van der Waals surface area contributed by atoms with Crippen LogP contribution in [-0.2, 0) is 23.1 Å². The van der Waals surface area contributed by atoms with Gasteiger partial charge in [-0.05, 0) is 74.9 Å². The van der Waals surface area contributed by atoms with Gasteiger partial charge in [0.1, 0.15) is 5.78 Å². The van der Waals surface area contributed by atoms with Crippen LogP contribution in [0.15, 0.2) is 36.4 Å². The van der Waals surface area contributed by atoms with Gasteiger partial charge in [-0.15, -0.1) is 0 Å². The van der Waals surface area contributed by atoms with Gasteiger partial charge < -0.3 is 20.2 Å². The summed E-state index contributed by atoms with van der Waals surface area (Å²) in [5.41, 5.74) is 2.13. The molecule has 1 aliphatic heterocycles. The predicted octanol–water partition coefficient (Wildman–Crippen LogP) is 3.74. The molecule has 1 heterocycles. The highest BCUT2D eigenvalue weighted by Gasteiger charge is 2.66. The third kappa shape index (κ3) is 3.01. The van der Waals surface area contributed by atoms with Gasteiger partial charge in [0.05, 0.1) is 0 Å². The Morgan fingerprint density at radius 2 is 1.73 bits per heavy atom. The average Bonchev–Trinajstić information content (AvgIpc) is 3.12. The summed E-state index contributed by atoms with van der Waals surface area (Å²) < 4.78 is 0. The number of aromatic hydroxyl groups is 2. The zero-order valence-corrected chi connectivity index (χ0v) is 19.9. The fourth-order valence-corrected chi connectivity index (χ4v) is 7.73. The van der Waals surface area contributed by atoms with Gasteiger partial charge in [-0.2, -0.15) is 0 Å². The number of hydrogen-bond donors (Lipinski definition) is 3. The van der Waals surface area contributed by atoms with Crippen molar-refractivity contribution in [2.45, 2.75) is 51.4 Å². The number of hydrogen-bond acceptors (Lipinski definition) is 5. The summed E-state index contributed by atoms with van der Waals surface area (Å²) >= 11 is 0. The molecule has 2 aromatic rings. The number of aryl methyl sites for hydroxylation is 1. The van der Waals surface area contributed by atoms with Crippen molar-refractivity contribution >= 4 is 5.78 Å². The van der Waals surface area contributed by atoms with Crippen LogP contribution in [0.1, 0.15) is 48.4 Å². The van der Waals surface area contributed by atoms with Crippen LogP contribution in [0.2, 0.25) is 0 Å². The monoisotopic (exact) mass is 449 g/mol. The highest BCUT2D eigenvalue weighted by Crippen LogP contribution is 2.66.